The molecule has 0 radical (unpaired) electrons. The SMILES string of the molecule is Cc1ccc(OCC(=O)N/N=C\c2cc(I)cc(C)c2O)cc1C. The lowest BCUT2D eigenvalue weighted by Gasteiger charge is -2.07. The molecule has 2 rings (SSSR count). The summed E-state index contributed by atoms with van der Waals surface area (Å²) in [5, 5.41) is 13.8. The maximum atomic E-state index is 11.8. The van der Waals surface area contributed by atoms with Gasteiger partial charge in [-0.1, -0.05) is 6.07 Å². The van der Waals surface area contributed by atoms with E-state index in [-0.39, 0.29) is 18.3 Å². The summed E-state index contributed by atoms with van der Waals surface area (Å²) in [6, 6.07) is 9.31. The molecule has 2 aromatic rings. The summed E-state index contributed by atoms with van der Waals surface area (Å²) in [6.45, 7) is 5.69. The lowest BCUT2D eigenvalue weighted by molar-refractivity contribution is -0.123. The van der Waals surface area contributed by atoms with E-state index in [0.717, 1.165) is 14.7 Å². The summed E-state index contributed by atoms with van der Waals surface area (Å²) in [5.74, 6) is 0.425. The number of nitrogens with one attached hydrogen (secondary N) is 1. The number of hydrazone groups is 1. The van der Waals surface area contributed by atoms with E-state index in [2.05, 4.69) is 33.1 Å². The van der Waals surface area contributed by atoms with E-state index in [9.17, 15) is 9.90 Å². The van der Waals surface area contributed by atoms with Crippen molar-refractivity contribution in [3.05, 3.63) is 56.2 Å². The van der Waals surface area contributed by atoms with Gasteiger partial charge in [0, 0.05) is 9.13 Å². The van der Waals surface area contributed by atoms with Crippen LogP contribution in [0.15, 0.2) is 35.4 Å². The number of phenols is 1. The standard InChI is InChI=1S/C18H19IN2O3/c1-11-4-5-16(7-12(11)2)24-10-17(22)21-20-9-14-8-15(19)6-13(3)18(14)23/h4-9,23H,10H2,1-3H3,(H,21,22)/b20-9-. The normalized spacial score (nSPS) is 10.8. The smallest absolute Gasteiger partial charge is 0.277 e. The molecule has 0 fully saturated rings. The number of carbonyl (C=O) groups is 1. The molecule has 2 N–H and O–H groups in total. The molecule has 0 heterocycles. The van der Waals surface area contributed by atoms with E-state index in [1.54, 1.807) is 6.07 Å². The third-order valence-electron chi connectivity index (χ3n) is 3.54. The van der Waals surface area contributed by atoms with Crippen LogP contribution in [0.25, 0.3) is 0 Å². The van der Waals surface area contributed by atoms with Crippen LogP contribution >= 0.6 is 22.6 Å². The van der Waals surface area contributed by atoms with Crippen LogP contribution in [-0.4, -0.2) is 23.8 Å². The molecule has 0 unspecified atom stereocenters. The zero-order valence-corrected chi connectivity index (χ0v) is 15.9. The Morgan fingerprint density at radius 3 is 2.67 bits per heavy atom. The average Bonchev–Trinajstić information content (AvgIpc) is 2.53. The van der Waals surface area contributed by atoms with Crippen molar-refractivity contribution in [2.45, 2.75) is 20.8 Å². The molecule has 0 aliphatic carbocycles. The first-order valence-corrected chi connectivity index (χ1v) is 8.46. The first kappa shape index (κ1) is 18.3. The van der Waals surface area contributed by atoms with Crippen molar-refractivity contribution in [1.82, 2.24) is 5.43 Å². The Bertz CT molecular complexity index is 788. The van der Waals surface area contributed by atoms with Crippen LogP contribution in [0.5, 0.6) is 11.5 Å². The third kappa shape index (κ3) is 4.95. The molecular formula is C18H19IN2O3. The van der Waals surface area contributed by atoms with Crippen LogP contribution in [-0.2, 0) is 4.79 Å². The molecule has 0 aliphatic rings. The predicted molar refractivity (Wildman–Crippen MR) is 103 cm³/mol. The predicted octanol–water partition coefficient (Wildman–Crippen LogP) is 3.45. The molecule has 5 nitrogen and oxygen atoms in total. The van der Waals surface area contributed by atoms with Gasteiger partial charge in [-0.2, -0.15) is 5.10 Å². The van der Waals surface area contributed by atoms with Gasteiger partial charge >= 0.3 is 0 Å². The molecule has 0 saturated carbocycles. The second-order valence-corrected chi connectivity index (χ2v) is 6.73. The quantitative estimate of drug-likeness (QED) is 0.427. The first-order chi connectivity index (χ1) is 11.4. The lowest BCUT2D eigenvalue weighted by Crippen LogP contribution is -2.24. The molecule has 0 spiro atoms. The van der Waals surface area contributed by atoms with Crippen LogP contribution in [0.3, 0.4) is 0 Å². The molecule has 6 heteroatoms. The van der Waals surface area contributed by atoms with Crippen molar-refractivity contribution in [2.75, 3.05) is 6.61 Å². The lowest BCUT2D eigenvalue weighted by atomic mass is 10.1. The highest BCUT2D eigenvalue weighted by atomic mass is 127. The largest absolute Gasteiger partial charge is 0.507 e. The minimum Gasteiger partial charge on any atom is -0.507 e. The topological polar surface area (TPSA) is 70.9 Å². The highest BCUT2D eigenvalue weighted by molar-refractivity contribution is 14.1. The molecule has 0 atom stereocenters. The number of carbonyl (C=O) groups excluding carboxylic acids is 1. The second kappa shape index (κ2) is 8.14. The molecule has 0 saturated heterocycles. The number of phenolic OH excluding ortho intramolecular Hbond substituents is 1. The first-order valence-electron chi connectivity index (χ1n) is 7.38. The Morgan fingerprint density at radius 2 is 1.96 bits per heavy atom. The molecule has 1 amide bonds. The van der Waals surface area contributed by atoms with Crippen LogP contribution in [0.4, 0.5) is 0 Å². The van der Waals surface area contributed by atoms with Crippen LogP contribution in [0, 0.1) is 24.3 Å². The fourth-order valence-corrected chi connectivity index (χ4v) is 2.82. The Balaban J connectivity index is 1.90. The van der Waals surface area contributed by atoms with Crippen molar-refractivity contribution in [2.24, 2.45) is 5.10 Å². The van der Waals surface area contributed by atoms with E-state index in [1.807, 2.05) is 45.0 Å². The monoisotopic (exact) mass is 438 g/mol. The van der Waals surface area contributed by atoms with Gasteiger partial charge in [0.2, 0.25) is 0 Å². The van der Waals surface area contributed by atoms with Crippen molar-refractivity contribution in [3.8, 4) is 11.5 Å². The number of benzene rings is 2. The highest BCUT2D eigenvalue weighted by Crippen LogP contribution is 2.23. The Labute approximate surface area is 154 Å². The van der Waals surface area contributed by atoms with E-state index >= 15 is 0 Å². The molecule has 0 aliphatic heterocycles. The minimum absolute atomic E-state index is 0.128. The van der Waals surface area contributed by atoms with E-state index < -0.39 is 0 Å². The van der Waals surface area contributed by atoms with Crippen LogP contribution in [0.1, 0.15) is 22.3 Å². The number of ether oxygens (including phenoxy) is 1. The van der Waals surface area contributed by atoms with Gasteiger partial charge in [-0.25, -0.2) is 5.43 Å². The fraction of sp³-hybridized carbons (Fsp3) is 0.222. The van der Waals surface area contributed by atoms with Gasteiger partial charge in [-0.3, -0.25) is 4.79 Å². The minimum atomic E-state index is -0.369. The zero-order valence-electron chi connectivity index (χ0n) is 13.8. The summed E-state index contributed by atoms with van der Waals surface area (Å²) in [6.07, 6.45) is 1.42. The maximum Gasteiger partial charge on any atom is 0.277 e. The Morgan fingerprint density at radius 1 is 1.21 bits per heavy atom. The summed E-state index contributed by atoms with van der Waals surface area (Å²) < 4.78 is 6.41. The second-order valence-electron chi connectivity index (χ2n) is 5.49. The molecule has 24 heavy (non-hydrogen) atoms. The number of nitrogens with zero attached hydrogens (tertiary/aromatic N) is 1. The van der Waals surface area contributed by atoms with Crippen molar-refractivity contribution < 1.29 is 14.6 Å². The molecule has 0 aromatic heterocycles. The Kier molecular flexibility index (Phi) is 6.19. The van der Waals surface area contributed by atoms with Crippen LogP contribution in [0.2, 0.25) is 0 Å². The number of amides is 1. The zero-order chi connectivity index (χ0) is 17.7. The van der Waals surface area contributed by atoms with Gasteiger partial charge in [-0.15, -0.1) is 0 Å². The maximum absolute atomic E-state index is 11.8. The van der Waals surface area contributed by atoms with Crippen LogP contribution < -0.4 is 10.2 Å². The van der Waals surface area contributed by atoms with Crippen molar-refractivity contribution >= 4 is 34.7 Å². The molecule has 2 aromatic carbocycles. The van der Waals surface area contributed by atoms with Crippen molar-refractivity contribution in [3.63, 3.8) is 0 Å². The third-order valence-corrected chi connectivity index (χ3v) is 4.16. The number of halogens is 1. The van der Waals surface area contributed by atoms with E-state index in [1.165, 1.54) is 11.8 Å². The number of hydrogen-bond acceptors (Lipinski definition) is 4. The fourth-order valence-electron chi connectivity index (χ4n) is 2.02. The van der Waals surface area contributed by atoms with Gasteiger partial charge in [-0.05, 0) is 84.3 Å². The Hall–Kier alpha value is -2.09. The van der Waals surface area contributed by atoms with Gasteiger partial charge < -0.3 is 9.84 Å². The van der Waals surface area contributed by atoms with Gasteiger partial charge in [0.1, 0.15) is 11.5 Å². The highest BCUT2D eigenvalue weighted by Gasteiger charge is 2.05. The summed E-state index contributed by atoms with van der Waals surface area (Å²) >= 11 is 2.16. The van der Waals surface area contributed by atoms with Gasteiger partial charge in [0.15, 0.2) is 6.61 Å². The average molecular weight is 438 g/mol. The number of hydrogen-bond donors (Lipinski definition) is 2. The van der Waals surface area contributed by atoms with Gasteiger partial charge in [0.05, 0.1) is 6.21 Å². The summed E-state index contributed by atoms with van der Waals surface area (Å²) in [7, 11) is 0. The number of rotatable bonds is 5. The van der Waals surface area contributed by atoms with E-state index in [4.69, 9.17) is 4.74 Å². The summed E-state index contributed by atoms with van der Waals surface area (Å²) in [5.41, 5.74) is 5.97. The number of aryl methyl sites for hydroxylation is 3. The molecular weight excluding hydrogens is 419 g/mol. The molecule has 126 valence electrons. The number of aromatic hydroxyl groups is 1. The van der Waals surface area contributed by atoms with Gasteiger partial charge in [0.25, 0.3) is 5.91 Å². The van der Waals surface area contributed by atoms with E-state index in [0.29, 0.717) is 11.3 Å². The molecule has 0 bridgehead atoms. The summed E-state index contributed by atoms with van der Waals surface area (Å²) in [4.78, 5) is 11.8. The van der Waals surface area contributed by atoms with Crippen molar-refractivity contribution in [1.29, 1.82) is 0 Å².